The molecule has 2 amide bonds. The minimum Gasteiger partial charge on any atom is -0.393 e. The predicted octanol–water partition coefficient (Wildman–Crippen LogP) is 2.71. The lowest BCUT2D eigenvalue weighted by atomic mass is 10.1. The standard InChI is InChI=1S/C16H25N3O2S/c1-10-8-17-15(22-10)14(11-6-7-11)18-16(21)19(2)9-12-4-3-5-13(12)20/h8,11-14,20H,3-7,9H2,1-2H3,(H,18,21). The predicted molar refractivity (Wildman–Crippen MR) is 86.8 cm³/mol. The van der Waals surface area contributed by atoms with Gasteiger partial charge in [0.05, 0.1) is 12.1 Å². The Hall–Kier alpha value is -1.14. The fraction of sp³-hybridized carbons (Fsp3) is 0.750. The van der Waals surface area contributed by atoms with E-state index < -0.39 is 0 Å². The van der Waals surface area contributed by atoms with E-state index in [2.05, 4.69) is 10.3 Å². The Labute approximate surface area is 135 Å². The molecule has 122 valence electrons. The van der Waals surface area contributed by atoms with E-state index in [-0.39, 0.29) is 24.1 Å². The zero-order valence-corrected chi connectivity index (χ0v) is 14.1. The topological polar surface area (TPSA) is 65.5 Å². The van der Waals surface area contributed by atoms with Gasteiger partial charge >= 0.3 is 6.03 Å². The van der Waals surface area contributed by atoms with E-state index in [1.807, 2.05) is 20.2 Å². The third kappa shape index (κ3) is 3.60. The number of carbonyl (C=O) groups excluding carboxylic acids is 1. The summed E-state index contributed by atoms with van der Waals surface area (Å²) in [6, 6.07) is -0.00833. The minimum absolute atomic E-state index is 0.0437. The van der Waals surface area contributed by atoms with E-state index in [1.54, 1.807) is 16.2 Å². The summed E-state index contributed by atoms with van der Waals surface area (Å²) < 4.78 is 0. The average Bonchev–Trinajstić information content (AvgIpc) is 3.12. The Morgan fingerprint density at radius 3 is 2.82 bits per heavy atom. The van der Waals surface area contributed by atoms with Gasteiger partial charge in [0.2, 0.25) is 0 Å². The van der Waals surface area contributed by atoms with Gasteiger partial charge in [-0.3, -0.25) is 0 Å². The lowest BCUT2D eigenvalue weighted by Gasteiger charge is -2.26. The van der Waals surface area contributed by atoms with Crippen LogP contribution in [-0.2, 0) is 0 Å². The number of amides is 2. The number of rotatable bonds is 5. The number of nitrogens with one attached hydrogen (secondary N) is 1. The largest absolute Gasteiger partial charge is 0.393 e. The lowest BCUT2D eigenvalue weighted by molar-refractivity contribution is 0.113. The number of aromatic nitrogens is 1. The van der Waals surface area contributed by atoms with Crippen LogP contribution in [0.5, 0.6) is 0 Å². The molecule has 0 spiro atoms. The highest BCUT2D eigenvalue weighted by Crippen LogP contribution is 2.42. The Morgan fingerprint density at radius 1 is 1.50 bits per heavy atom. The Kier molecular flexibility index (Phi) is 4.68. The molecule has 0 saturated heterocycles. The summed E-state index contributed by atoms with van der Waals surface area (Å²) in [4.78, 5) is 19.8. The molecule has 2 saturated carbocycles. The zero-order chi connectivity index (χ0) is 15.7. The number of aliphatic hydroxyl groups excluding tert-OH is 1. The van der Waals surface area contributed by atoms with Crippen LogP contribution in [0.4, 0.5) is 4.79 Å². The van der Waals surface area contributed by atoms with Gasteiger partial charge in [-0.05, 0) is 38.5 Å². The first-order valence-electron chi connectivity index (χ1n) is 8.16. The van der Waals surface area contributed by atoms with Gasteiger partial charge in [0, 0.05) is 30.6 Å². The van der Waals surface area contributed by atoms with Crippen LogP contribution in [0, 0.1) is 18.8 Å². The summed E-state index contributed by atoms with van der Waals surface area (Å²) in [5, 5.41) is 14.1. The molecule has 22 heavy (non-hydrogen) atoms. The normalized spacial score (nSPS) is 26.0. The van der Waals surface area contributed by atoms with Gasteiger partial charge < -0.3 is 15.3 Å². The van der Waals surface area contributed by atoms with Crippen LogP contribution in [0.25, 0.3) is 0 Å². The van der Waals surface area contributed by atoms with Gasteiger partial charge in [0.1, 0.15) is 5.01 Å². The van der Waals surface area contributed by atoms with E-state index in [0.29, 0.717) is 12.5 Å². The van der Waals surface area contributed by atoms with E-state index in [4.69, 9.17) is 0 Å². The molecule has 2 fully saturated rings. The van der Waals surface area contributed by atoms with Crippen molar-refractivity contribution in [3.05, 3.63) is 16.1 Å². The van der Waals surface area contributed by atoms with Crippen LogP contribution in [0.1, 0.15) is 48.0 Å². The minimum atomic E-state index is -0.254. The van der Waals surface area contributed by atoms with Crippen molar-refractivity contribution in [3.8, 4) is 0 Å². The second-order valence-electron chi connectivity index (χ2n) is 6.71. The van der Waals surface area contributed by atoms with E-state index in [9.17, 15) is 9.90 Å². The number of urea groups is 1. The van der Waals surface area contributed by atoms with Crippen molar-refractivity contribution in [1.82, 2.24) is 15.2 Å². The molecule has 6 heteroatoms. The molecule has 5 nitrogen and oxygen atoms in total. The maximum atomic E-state index is 12.5. The number of aryl methyl sites for hydroxylation is 1. The molecule has 3 rings (SSSR count). The maximum absolute atomic E-state index is 12.5. The van der Waals surface area contributed by atoms with Gasteiger partial charge in [-0.25, -0.2) is 9.78 Å². The highest BCUT2D eigenvalue weighted by atomic mass is 32.1. The van der Waals surface area contributed by atoms with Crippen molar-refractivity contribution in [2.75, 3.05) is 13.6 Å². The number of aliphatic hydroxyl groups is 1. The third-order valence-electron chi connectivity index (χ3n) is 4.75. The quantitative estimate of drug-likeness (QED) is 0.875. The Bertz CT molecular complexity index is 529. The molecule has 0 aromatic carbocycles. The zero-order valence-electron chi connectivity index (χ0n) is 13.3. The second-order valence-corrected chi connectivity index (χ2v) is 7.98. The molecule has 1 aromatic rings. The Morgan fingerprint density at radius 2 is 2.27 bits per heavy atom. The van der Waals surface area contributed by atoms with E-state index in [0.717, 1.165) is 37.1 Å². The first-order chi connectivity index (χ1) is 10.5. The SMILES string of the molecule is Cc1cnc(C(NC(=O)N(C)CC2CCCC2O)C2CC2)s1. The summed E-state index contributed by atoms with van der Waals surface area (Å²) in [5.74, 6) is 0.747. The van der Waals surface area contributed by atoms with Crippen molar-refractivity contribution in [2.24, 2.45) is 11.8 Å². The molecule has 1 heterocycles. The molecule has 2 aliphatic rings. The van der Waals surface area contributed by atoms with Crippen LogP contribution >= 0.6 is 11.3 Å². The van der Waals surface area contributed by atoms with Crippen LogP contribution in [-0.4, -0.2) is 40.7 Å². The summed E-state index contributed by atoms with van der Waals surface area (Å²) in [5.41, 5.74) is 0. The molecule has 0 bridgehead atoms. The van der Waals surface area contributed by atoms with Crippen molar-refractivity contribution < 1.29 is 9.90 Å². The van der Waals surface area contributed by atoms with Crippen LogP contribution < -0.4 is 5.32 Å². The fourth-order valence-electron chi connectivity index (χ4n) is 3.23. The summed E-state index contributed by atoms with van der Waals surface area (Å²) in [6.45, 7) is 2.67. The molecule has 3 unspecified atom stereocenters. The van der Waals surface area contributed by atoms with Crippen LogP contribution in [0.2, 0.25) is 0 Å². The summed E-state index contributed by atoms with van der Waals surface area (Å²) >= 11 is 1.67. The second kappa shape index (κ2) is 6.54. The van der Waals surface area contributed by atoms with Gasteiger partial charge in [0.25, 0.3) is 0 Å². The molecule has 0 aliphatic heterocycles. The van der Waals surface area contributed by atoms with Gasteiger partial charge in [0.15, 0.2) is 0 Å². The third-order valence-corrected chi connectivity index (χ3v) is 5.75. The molecule has 1 aromatic heterocycles. The fourth-order valence-corrected chi connectivity index (χ4v) is 4.15. The first-order valence-corrected chi connectivity index (χ1v) is 8.98. The lowest BCUT2D eigenvalue weighted by Crippen LogP contribution is -2.43. The number of hydrogen-bond acceptors (Lipinski definition) is 4. The summed E-state index contributed by atoms with van der Waals surface area (Å²) in [7, 11) is 1.82. The highest BCUT2D eigenvalue weighted by Gasteiger charge is 2.36. The van der Waals surface area contributed by atoms with Gasteiger partial charge in [-0.15, -0.1) is 11.3 Å². The van der Waals surface area contributed by atoms with Crippen molar-refractivity contribution in [1.29, 1.82) is 0 Å². The molecule has 2 N–H and O–H groups in total. The van der Waals surface area contributed by atoms with Gasteiger partial charge in [-0.1, -0.05) is 6.42 Å². The van der Waals surface area contributed by atoms with Gasteiger partial charge in [-0.2, -0.15) is 0 Å². The molecule has 2 aliphatic carbocycles. The van der Waals surface area contributed by atoms with Crippen molar-refractivity contribution in [3.63, 3.8) is 0 Å². The molecular weight excluding hydrogens is 298 g/mol. The molecular formula is C16H25N3O2S. The van der Waals surface area contributed by atoms with E-state index >= 15 is 0 Å². The van der Waals surface area contributed by atoms with Crippen LogP contribution in [0.15, 0.2) is 6.20 Å². The van der Waals surface area contributed by atoms with E-state index in [1.165, 1.54) is 4.88 Å². The maximum Gasteiger partial charge on any atom is 0.317 e. The smallest absolute Gasteiger partial charge is 0.317 e. The van der Waals surface area contributed by atoms with Crippen LogP contribution in [0.3, 0.4) is 0 Å². The number of nitrogens with zero attached hydrogens (tertiary/aromatic N) is 2. The first kappa shape index (κ1) is 15.7. The van der Waals surface area contributed by atoms with Crippen molar-refractivity contribution in [2.45, 2.75) is 51.2 Å². The molecule has 0 radical (unpaired) electrons. The monoisotopic (exact) mass is 323 g/mol. The number of thiazole rings is 1. The number of hydrogen-bond donors (Lipinski definition) is 2. The highest BCUT2D eigenvalue weighted by molar-refractivity contribution is 7.11. The van der Waals surface area contributed by atoms with Crippen molar-refractivity contribution >= 4 is 17.4 Å². The molecule has 3 atom stereocenters. The number of carbonyl (C=O) groups is 1. The Balaban J connectivity index is 1.59. The summed E-state index contributed by atoms with van der Waals surface area (Å²) in [6.07, 6.45) is 6.88. The average molecular weight is 323 g/mol.